The number of carbonyl (C=O) groups is 2. The first kappa shape index (κ1) is 27.0. The summed E-state index contributed by atoms with van der Waals surface area (Å²) in [5.41, 5.74) is 3.07. The molecule has 0 heterocycles. The minimum absolute atomic E-state index is 0.182. The van der Waals surface area contributed by atoms with Crippen LogP contribution in [0.25, 0.3) is 0 Å². The average molecular weight is 602 g/mol. The lowest BCUT2D eigenvalue weighted by Gasteiger charge is -2.31. The molecule has 3 rings (SSSR count). The van der Waals surface area contributed by atoms with Crippen LogP contribution in [0, 0.1) is 0 Å². The monoisotopic (exact) mass is 600 g/mol. The van der Waals surface area contributed by atoms with Gasteiger partial charge in [-0.25, -0.2) is 0 Å². The van der Waals surface area contributed by atoms with E-state index >= 15 is 0 Å². The van der Waals surface area contributed by atoms with Crippen LogP contribution < -0.4 is 10.1 Å². The van der Waals surface area contributed by atoms with E-state index in [4.69, 9.17) is 4.74 Å². The van der Waals surface area contributed by atoms with Gasteiger partial charge in [-0.3, -0.25) is 9.59 Å². The molecular weight excluding hydrogens is 572 g/mol. The minimum atomic E-state index is -0.686. The topological polar surface area (TPSA) is 58.6 Å². The lowest BCUT2D eigenvalue weighted by Crippen LogP contribution is -2.51. The Labute approximate surface area is 224 Å². The third-order valence-electron chi connectivity index (χ3n) is 5.76. The number of carbonyl (C=O) groups excluding carboxylic acids is 2. The Kier molecular flexibility index (Phi) is 9.93. The Bertz CT molecular complexity index is 1130. The van der Waals surface area contributed by atoms with Crippen LogP contribution in [0.15, 0.2) is 81.7 Å². The van der Waals surface area contributed by atoms with Gasteiger partial charge in [-0.05, 0) is 62.8 Å². The molecule has 0 fully saturated rings. The molecule has 0 aliphatic carbocycles. The highest BCUT2D eigenvalue weighted by Crippen LogP contribution is 2.29. The highest BCUT2D eigenvalue weighted by atomic mass is 79.9. The maximum atomic E-state index is 13.5. The van der Waals surface area contributed by atoms with Crippen molar-refractivity contribution in [2.24, 2.45) is 0 Å². The number of rotatable bonds is 10. The Balaban J connectivity index is 1.86. The van der Waals surface area contributed by atoms with Crippen LogP contribution in [-0.4, -0.2) is 36.4 Å². The smallest absolute Gasteiger partial charge is 0.261 e. The van der Waals surface area contributed by atoms with Crippen molar-refractivity contribution in [1.82, 2.24) is 10.2 Å². The second-order valence-corrected chi connectivity index (χ2v) is 10.4. The molecule has 0 unspecified atom stereocenters. The number of halogens is 2. The van der Waals surface area contributed by atoms with E-state index in [1.807, 2.05) is 72.8 Å². The highest BCUT2D eigenvalue weighted by molar-refractivity contribution is 9.10. The molecule has 2 amide bonds. The first-order valence-corrected chi connectivity index (χ1v) is 13.1. The van der Waals surface area contributed by atoms with Crippen LogP contribution in [0.4, 0.5) is 0 Å². The predicted octanol–water partition coefficient (Wildman–Crippen LogP) is 6.10. The number of benzene rings is 3. The number of nitrogens with one attached hydrogen (secondary N) is 1. The molecule has 5 nitrogen and oxygen atoms in total. The molecule has 184 valence electrons. The minimum Gasteiger partial charge on any atom is -0.483 e. The van der Waals surface area contributed by atoms with Gasteiger partial charge in [0.1, 0.15) is 11.8 Å². The molecule has 3 aromatic rings. The summed E-state index contributed by atoms with van der Waals surface area (Å²) in [4.78, 5) is 28.1. The van der Waals surface area contributed by atoms with Gasteiger partial charge in [0.2, 0.25) is 5.91 Å². The zero-order valence-corrected chi connectivity index (χ0v) is 23.3. The summed E-state index contributed by atoms with van der Waals surface area (Å²) in [6, 6.07) is 22.6. The van der Waals surface area contributed by atoms with E-state index in [0.29, 0.717) is 18.1 Å². The van der Waals surface area contributed by atoms with E-state index in [-0.39, 0.29) is 25.0 Å². The van der Waals surface area contributed by atoms with E-state index in [2.05, 4.69) is 51.0 Å². The predicted molar refractivity (Wildman–Crippen MR) is 146 cm³/mol. The summed E-state index contributed by atoms with van der Waals surface area (Å²) in [6.07, 6.45) is 0.398. The second kappa shape index (κ2) is 12.9. The number of hydrogen-bond donors (Lipinski definition) is 1. The summed E-state index contributed by atoms with van der Waals surface area (Å²) in [7, 11) is 1.59. The Hall–Kier alpha value is -2.64. The molecule has 0 aromatic heterocycles. The van der Waals surface area contributed by atoms with Crippen molar-refractivity contribution in [3.05, 3.63) is 98.4 Å². The molecule has 0 radical (unpaired) electrons. The van der Waals surface area contributed by atoms with Gasteiger partial charge in [0, 0.05) is 24.5 Å². The fourth-order valence-corrected chi connectivity index (χ4v) is 4.50. The summed E-state index contributed by atoms with van der Waals surface area (Å²) < 4.78 is 7.65. The fourth-order valence-electron chi connectivity index (χ4n) is 3.72. The number of likely N-dealkylation sites (N-methyl/N-ethyl adjacent to an activating group) is 1. The first-order chi connectivity index (χ1) is 16.8. The van der Waals surface area contributed by atoms with Gasteiger partial charge in [-0.2, -0.15) is 0 Å². The zero-order chi connectivity index (χ0) is 25.4. The van der Waals surface area contributed by atoms with Gasteiger partial charge in [-0.15, -0.1) is 0 Å². The maximum Gasteiger partial charge on any atom is 0.261 e. The molecule has 0 aliphatic rings. The summed E-state index contributed by atoms with van der Waals surface area (Å²) in [5, 5.41) is 2.73. The molecule has 0 saturated carbocycles. The van der Waals surface area contributed by atoms with Crippen molar-refractivity contribution in [1.29, 1.82) is 0 Å². The normalized spacial score (nSPS) is 11.7. The van der Waals surface area contributed by atoms with Crippen molar-refractivity contribution in [2.75, 3.05) is 13.7 Å². The van der Waals surface area contributed by atoms with E-state index in [0.717, 1.165) is 20.1 Å². The Morgan fingerprint density at radius 3 is 2.23 bits per heavy atom. The standard InChI is InChI=1S/C28H30Br2N2O3/c1-19(2)22-11-14-26(24(30)16-22)35-18-27(33)32(17-21-9-12-23(29)13-10-21)25(28(34)31-3)15-20-7-5-4-6-8-20/h4-14,16,19,25H,15,17-18H2,1-3H3,(H,31,34)/t25-/m0/s1. The first-order valence-electron chi connectivity index (χ1n) is 11.5. The number of amides is 2. The summed E-state index contributed by atoms with van der Waals surface area (Å²) in [5.74, 6) is 0.486. The Morgan fingerprint density at radius 2 is 1.63 bits per heavy atom. The number of hydrogen-bond acceptors (Lipinski definition) is 3. The van der Waals surface area contributed by atoms with Crippen LogP contribution in [0.1, 0.15) is 36.5 Å². The second-order valence-electron chi connectivity index (χ2n) is 8.60. The molecule has 1 N–H and O–H groups in total. The van der Waals surface area contributed by atoms with E-state index in [1.54, 1.807) is 11.9 Å². The molecule has 3 aromatic carbocycles. The number of ether oxygens (including phenoxy) is 1. The van der Waals surface area contributed by atoms with Crippen molar-refractivity contribution < 1.29 is 14.3 Å². The van der Waals surface area contributed by atoms with Gasteiger partial charge in [0.15, 0.2) is 6.61 Å². The van der Waals surface area contributed by atoms with Crippen molar-refractivity contribution in [3.8, 4) is 5.75 Å². The Morgan fingerprint density at radius 1 is 0.943 bits per heavy atom. The lowest BCUT2D eigenvalue weighted by atomic mass is 10.0. The van der Waals surface area contributed by atoms with Gasteiger partial charge in [-0.1, -0.05) is 78.3 Å². The molecule has 0 aliphatic heterocycles. The molecular formula is C28H30Br2N2O3. The van der Waals surface area contributed by atoms with Crippen LogP contribution >= 0.6 is 31.9 Å². The van der Waals surface area contributed by atoms with Gasteiger partial charge in [0.05, 0.1) is 4.47 Å². The quantitative estimate of drug-likeness (QED) is 0.305. The molecule has 35 heavy (non-hydrogen) atoms. The molecule has 0 spiro atoms. The van der Waals surface area contributed by atoms with Crippen LogP contribution in [-0.2, 0) is 22.6 Å². The zero-order valence-electron chi connectivity index (χ0n) is 20.1. The average Bonchev–Trinajstić information content (AvgIpc) is 2.86. The summed E-state index contributed by atoms with van der Waals surface area (Å²) in [6.45, 7) is 4.35. The van der Waals surface area contributed by atoms with E-state index < -0.39 is 6.04 Å². The highest BCUT2D eigenvalue weighted by Gasteiger charge is 2.30. The van der Waals surface area contributed by atoms with Gasteiger partial charge in [0.25, 0.3) is 5.91 Å². The largest absolute Gasteiger partial charge is 0.483 e. The van der Waals surface area contributed by atoms with Crippen LogP contribution in [0.2, 0.25) is 0 Å². The maximum absolute atomic E-state index is 13.5. The SMILES string of the molecule is CNC(=O)[C@H](Cc1ccccc1)N(Cc1ccc(Br)cc1)C(=O)COc1ccc(C(C)C)cc1Br. The summed E-state index contributed by atoms with van der Waals surface area (Å²) >= 11 is 7.00. The van der Waals surface area contributed by atoms with Crippen molar-refractivity contribution >= 4 is 43.7 Å². The lowest BCUT2D eigenvalue weighted by molar-refractivity contribution is -0.142. The van der Waals surface area contributed by atoms with E-state index in [1.165, 1.54) is 5.56 Å². The van der Waals surface area contributed by atoms with Crippen molar-refractivity contribution in [2.45, 2.75) is 38.8 Å². The van der Waals surface area contributed by atoms with Crippen LogP contribution in [0.5, 0.6) is 5.75 Å². The molecule has 0 saturated heterocycles. The molecule has 0 bridgehead atoms. The fraction of sp³-hybridized carbons (Fsp3) is 0.286. The van der Waals surface area contributed by atoms with E-state index in [9.17, 15) is 9.59 Å². The van der Waals surface area contributed by atoms with Gasteiger partial charge >= 0.3 is 0 Å². The van der Waals surface area contributed by atoms with Gasteiger partial charge < -0.3 is 15.0 Å². The van der Waals surface area contributed by atoms with Crippen molar-refractivity contribution in [3.63, 3.8) is 0 Å². The third kappa shape index (κ3) is 7.67. The molecule has 7 heteroatoms. The van der Waals surface area contributed by atoms with Crippen LogP contribution in [0.3, 0.4) is 0 Å². The number of nitrogens with zero attached hydrogens (tertiary/aromatic N) is 1. The molecule has 1 atom stereocenters. The third-order valence-corrected chi connectivity index (χ3v) is 6.91.